The summed E-state index contributed by atoms with van der Waals surface area (Å²) in [5.41, 5.74) is 4.12. The van der Waals surface area contributed by atoms with E-state index >= 15 is 0 Å². The van der Waals surface area contributed by atoms with Crippen molar-refractivity contribution in [2.24, 2.45) is 11.8 Å². The minimum absolute atomic E-state index is 0.108. The minimum Gasteiger partial charge on any atom is -0.375 e. The number of aryl methyl sites for hydroxylation is 1. The summed E-state index contributed by atoms with van der Waals surface area (Å²) in [5.74, 6) is 6.25. The molecule has 5 nitrogen and oxygen atoms in total. The van der Waals surface area contributed by atoms with E-state index in [0.717, 1.165) is 29.6 Å². The summed E-state index contributed by atoms with van der Waals surface area (Å²) in [6.07, 6.45) is 6.09. The Kier molecular flexibility index (Phi) is 3.44. The highest BCUT2D eigenvalue weighted by Crippen LogP contribution is 2.45. The molecule has 3 rings (SSSR count). The number of aromatic nitrogens is 2. The van der Waals surface area contributed by atoms with E-state index in [-0.39, 0.29) is 6.04 Å². The molecule has 0 saturated carbocycles. The molecule has 2 aliphatic heterocycles. The van der Waals surface area contributed by atoms with Crippen LogP contribution in [-0.2, 0) is 11.3 Å². The molecule has 6 heteroatoms. The molecule has 0 aliphatic carbocycles. The van der Waals surface area contributed by atoms with Gasteiger partial charge in [-0.2, -0.15) is 5.10 Å². The second-order valence-corrected chi connectivity index (χ2v) is 5.97. The zero-order valence-electron chi connectivity index (χ0n) is 10.5. The number of halogens is 1. The maximum atomic E-state index is 5.94. The Morgan fingerprint density at radius 1 is 1.67 bits per heavy atom. The van der Waals surface area contributed by atoms with Crippen molar-refractivity contribution in [1.29, 1.82) is 0 Å². The van der Waals surface area contributed by atoms with Crippen LogP contribution in [0, 0.1) is 5.92 Å². The molecular formula is C12H19BrN4O. The SMILES string of the molecule is CCn1ncc(Br)c1C(NN)C1CC2CCC1O2. The third kappa shape index (κ3) is 1.91. The van der Waals surface area contributed by atoms with Gasteiger partial charge in [0.1, 0.15) is 0 Å². The molecule has 3 N–H and O–H groups in total. The third-order valence-corrected chi connectivity index (χ3v) is 4.80. The van der Waals surface area contributed by atoms with Gasteiger partial charge in [-0.05, 0) is 42.1 Å². The first kappa shape index (κ1) is 12.6. The van der Waals surface area contributed by atoms with Gasteiger partial charge >= 0.3 is 0 Å². The van der Waals surface area contributed by atoms with E-state index in [0.29, 0.717) is 18.1 Å². The van der Waals surface area contributed by atoms with Gasteiger partial charge in [0.05, 0.1) is 34.6 Å². The van der Waals surface area contributed by atoms with Crippen LogP contribution in [0.25, 0.3) is 0 Å². The van der Waals surface area contributed by atoms with Crippen LogP contribution < -0.4 is 11.3 Å². The maximum absolute atomic E-state index is 5.94. The third-order valence-electron chi connectivity index (χ3n) is 4.19. The lowest BCUT2D eigenvalue weighted by molar-refractivity contribution is 0.0849. The van der Waals surface area contributed by atoms with Crippen molar-refractivity contribution < 1.29 is 4.74 Å². The lowest BCUT2D eigenvalue weighted by Gasteiger charge is -2.28. The molecule has 1 aromatic rings. The average molecular weight is 315 g/mol. The minimum atomic E-state index is 0.108. The van der Waals surface area contributed by atoms with Crippen LogP contribution in [-0.4, -0.2) is 22.0 Å². The van der Waals surface area contributed by atoms with Crippen molar-refractivity contribution in [1.82, 2.24) is 15.2 Å². The highest BCUT2D eigenvalue weighted by molar-refractivity contribution is 9.10. The second kappa shape index (κ2) is 4.92. The Hall–Kier alpha value is -0.430. The first-order chi connectivity index (χ1) is 8.74. The number of rotatable bonds is 4. The first-order valence-corrected chi connectivity index (χ1v) is 7.36. The van der Waals surface area contributed by atoms with Gasteiger partial charge in [0.25, 0.3) is 0 Å². The van der Waals surface area contributed by atoms with Gasteiger partial charge in [-0.25, -0.2) is 0 Å². The standard InChI is InChI=1S/C12H19BrN4O/c1-2-17-12(9(13)6-15-17)11(16-14)8-5-7-3-4-10(8)18-7/h6-8,10-11,16H,2-5,14H2,1H3. The molecule has 2 fully saturated rings. The summed E-state index contributed by atoms with van der Waals surface area (Å²) < 4.78 is 8.96. The molecule has 2 aliphatic rings. The number of nitrogens with two attached hydrogens (primary N) is 1. The zero-order chi connectivity index (χ0) is 12.7. The van der Waals surface area contributed by atoms with Crippen LogP contribution in [0.5, 0.6) is 0 Å². The van der Waals surface area contributed by atoms with Crippen molar-refractivity contribution in [3.05, 3.63) is 16.4 Å². The van der Waals surface area contributed by atoms with Gasteiger partial charge in [-0.15, -0.1) is 0 Å². The van der Waals surface area contributed by atoms with E-state index in [1.807, 2.05) is 10.9 Å². The number of hydrazine groups is 1. The molecule has 4 unspecified atom stereocenters. The van der Waals surface area contributed by atoms with E-state index in [1.54, 1.807) is 0 Å². The second-order valence-electron chi connectivity index (χ2n) is 5.11. The van der Waals surface area contributed by atoms with Gasteiger partial charge in [0, 0.05) is 12.5 Å². The molecule has 0 aromatic carbocycles. The van der Waals surface area contributed by atoms with Crippen LogP contribution in [0.1, 0.15) is 37.9 Å². The molecule has 100 valence electrons. The summed E-state index contributed by atoms with van der Waals surface area (Å²) in [6, 6.07) is 0.108. The number of nitrogens with zero attached hydrogens (tertiary/aromatic N) is 2. The van der Waals surface area contributed by atoms with Gasteiger partial charge in [0.2, 0.25) is 0 Å². The van der Waals surface area contributed by atoms with Crippen molar-refractivity contribution in [2.45, 2.75) is 51.0 Å². The van der Waals surface area contributed by atoms with E-state index in [4.69, 9.17) is 10.6 Å². The predicted octanol–water partition coefficient (Wildman–Crippen LogP) is 1.74. The Morgan fingerprint density at radius 2 is 2.50 bits per heavy atom. The van der Waals surface area contributed by atoms with Crippen molar-refractivity contribution in [2.75, 3.05) is 0 Å². The van der Waals surface area contributed by atoms with E-state index < -0.39 is 0 Å². The number of hydrogen-bond acceptors (Lipinski definition) is 4. The number of ether oxygens (including phenoxy) is 1. The molecule has 2 bridgehead atoms. The lowest BCUT2D eigenvalue weighted by Crippen LogP contribution is -2.39. The summed E-state index contributed by atoms with van der Waals surface area (Å²) in [7, 11) is 0. The smallest absolute Gasteiger partial charge is 0.0712 e. The Balaban J connectivity index is 1.90. The normalized spacial score (nSPS) is 32.1. The van der Waals surface area contributed by atoms with Gasteiger partial charge in [0.15, 0.2) is 0 Å². The molecule has 0 radical (unpaired) electrons. The van der Waals surface area contributed by atoms with Crippen molar-refractivity contribution in [3.8, 4) is 0 Å². The predicted molar refractivity (Wildman–Crippen MR) is 71.7 cm³/mol. The monoisotopic (exact) mass is 314 g/mol. The molecule has 3 heterocycles. The topological polar surface area (TPSA) is 65.1 Å². The van der Waals surface area contributed by atoms with Crippen LogP contribution in [0.4, 0.5) is 0 Å². The maximum Gasteiger partial charge on any atom is 0.0712 e. The molecular weight excluding hydrogens is 296 g/mol. The number of hydrogen-bond donors (Lipinski definition) is 2. The Labute approximate surface area is 115 Å². The quantitative estimate of drug-likeness (QED) is 0.656. The van der Waals surface area contributed by atoms with Crippen LogP contribution >= 0.6 is 15.9 Å². The Bertz CT molecular complexity index is 436. The van der Waals surface area contributed by atoms with E-state index in [1.165, 1.54) is 6.42 Å². The molecule has 18 heavy (non-hydrogen) atoms. The average Bonchev–Trinajstić information content (AvgIpc) is 3.07. The van der Waals surface area contributed by atoms with Crippen LogP contribution in [0.2, 0.25) is 0 Å². The highest BCUT2D eigenvalue weighted by Gasteiger charge is 2.45. The van der Waals surface area contributed by atoms with Gasteiger partial charge in [-0.3, -0.25) is 16.0 Å². The largest absolute Gasteiger partial charge is 0.375 e. The number of nitrogens with one attached hydrogen (secondary N) is 1. The summed E-state index contributed by atoms with van der Waals surface area (Å²) in [6.45, 7) is 2.94. The molecule has 2 saturated heterocycles. The van der Waals surface area contributed by atoms with Gasteiger partial charge < -0.3 is 4.74 Å². The van der Waals surface area contributed by atoms with E-state index in [9.17, 15) is 0 Å². The fraction of sp³-hybridized carbons (Fsp3) is 0.750. The summed E-state index contributed by atoms with van der Waals surface area (Å²) in [5, 5.41) is 4.37. The highest BCUT2D eigenvalue weighted by atomic mass is 79.9. The Morgan fingerprint density at radius 3 is 3.06 bits per heavy atom. The zero-order valence-corrected chi connectivity index (χ0v) is 12.1. The fourth-order valence-electron chi connectivity index (χ4n) is 3.37. The summed E-state index contributed by atoms with van der Waals surface area (Å²) in [4.78, 5) is 0. The molecule has 0 amide bonds. The summed E-state index contributed by atoms with van der Waals surface area (Å²) >= 11 is 3.58. The van der Waals surface area contributed by atoms with Crippen LogP contribution in [0.3, 0.4) is 0 Å². The number of fused-ring (bicyclic) bond motifs is 2. The molecule has 0 spiro atoms. The first-order valence-electron chi connectivity index (χ1n) is 6.57. The molecule has 1 aromatic heterocycles. The van der Waals surface area contributed by atoms with Crippen LogP contribution in [0.15, 0.2) is 10.7 Å². The fourth-order valence-corrected chi connectivity index (χ4v) is 3.91. The van der Waals surface area contributed by atoms with Crippen molar-refractivity contribution in [3.63, 3.8) is 0 Å². The lowest BCUT2D eigenvalue weighted by atomic mass is 9.83. The van der Waals surface area contributed by atoms with Crippen molar-refractivity contribution >= 4 is 15.9 Å². The van der Waals surface area contributed by atoms with E-state index in [2.05, 4.69) is 33.4 Å². The molecule has 4 atom stereocenters. The van der Waals surface area contributed by atoms with Gasteiger partial charge in [-0.1, -0.05) is 0 Å².